The van der Waals surface area contributed by atoms with Crippen LogP contribution in [-0.2, 0) is 25.6 Å². The molecular formula is C9H10O5S. The fourth-order valence-electron chi connectivity index (χ4n) is 0.864. The van der Waals surface area contributed by atoms with E-state index in [0.29, 0.717) is 0 Å². The first-order valence-corrected chi connectivity index (χ1v) is 5.89. The topological polar surface area (TPSA) is 69.7 Å². The number of hydrogen-bond acceptors (Lipinski definition) is 5. The van der Waals surface area contributed by atoms with Gasteiger partial charge in [0.05, 0.1) is 6.26 Å². The predicted octanol–water partition coefficient (Wildman–Crippen LogP) is 1.30. The molecule has 0 N–H and O–H groups in total. The Morgan fingerprint density at radius 3 is 2.40 bits per heavy atom. The third-order valence-corrected chi connectivity index (χ3v) is 1.86. The Labute approximate surface area is 87.7 Å². The normalized spacial score (nSPS) is 10.7. The van der Waals surface area contributed by atoms with Gasteiger partial charge in [-0.2, -0.15) is 8.42 Å². The lowest BCUT2D eigenvalue weighted by molar-refractivity contribution is 0.0954. The molecule has 0 radical (unpaired) electrons. The highest BCUT2D eigenvalue weighted by Crippen LogP contribution is 2.02. The molecule has 0 heterocycles. The van der Waals surface area contributed by atoms with Gasteiger partial charge in [-0.1, -0.05) is 30.3 Å². The van der Waals surface area contributed by atoms with Crippen LogP contribution in [0.3, 0.4) is 0 Å². The van der Waals surface area contributed by atoms with Crippen molar-refractivity contribution >= 4 is 16.3 Å². The van der Waals surface area contributed by atoms with Gasteiger partial charge in [0.1, 0.15) is 6.61 Å². The third-order valence-electron chi connectivity index (χ3n) is 1.42. The maximum Gasteiger partial charge on any atom is 0.524 e. The van der Waals surface area contributed by atoms with E-state index in [1.54, 1.807) is 24.3 Å². The maximum absolute atomic E-state index is 10.8. The Balaban J connectivity index is 2.42. The molecule has 1 aromatic carbocycles. The fraction of sp³-hybridized carbons (Fsp3) is 0.222. The zero-order valence-corrected chi connectivity index (χ0v) is 8.86. The van der Waals surface area contributed by atoms with Crippen molar-refractivity contribution in [3.05, 3.63) is 35.9 Å². The summed E-state index contributed by atoms with van der Waals surface area (Å²) in [5.41, 5.74) is 0.753. The Morgan fingerprint density at radius 2 is 1.87 bits per heavy atom. The van der Waals surface area contributed by atoms with E-state index in [9.17, 15) is 13.2 Å². The standard InChI is InChI=1S/C9H10O5S/c1-15(11,12)14-9(10)13-7-8-5-3-2-4-6-8/h2-6H,7H2,1H3. The smallest absolute Gasteiger partial charge is 0.429 e. The second-order valence-corrected chi connectivity index (χ2v) is 4.39. The van der Waals surface area contributed by atoms with E-state index in [1.165, 1.54) is 0 Å². The average Bonchev–Trinajstić information content (AvgIpc) is 2.14. The van der Waals surface area contributed by atoms with Crippen molar-refractivity contribution < 1.29 is 22.1 Å². The minimum Gasteiger partial charge on any atom is -0.429 e. The van der Waals surface area contributed by atoms with Crippen LogP contribution in [0.5, 0.6) is 0 Å². The minimum atomic E-state index is -3.80. The minimum absolute atomic E-state index is 0.0187. The molecule has 5 nitrogen and oxygen atoms in total. The number of ether oxygens (including phenoxy) is 1. The van der Waals surface area contributed by atoms with Crippen LogP contribution >= 0.6 is 0 Å². The molecule has 0 atom stereocenters. The molecule has 0 aliphatic carbocycles. The van der Waals surface area contributed by atoms with E-state index in [2.05, 4.69) is 8.92 Å². The van der Waals surface area contributed by atoms with Gasteiger partial charge < -0.3 is 8.92 Å². The average molecular weight is 230 g/mol. The van der Waals surface area contributed by atoms with Crippen molar-refractivity contribution in [2.75, 3.05) is 6.26 Å². The van der Waals surface area contributed by atoms with E-state index in [4.69, 9.17) is 0 Å². The SMILES string of the molecule is CS(=O)(=O)OC(=O)OCc1ccccc1. The highest BCUT2D eigenvalue weighted by atomic mass is 32.2. The van der Waals surface area contributed by atoms with Gasteiger partial charge in [0.15, 0.2) is 0 Å². The first-order chi connectivity index (χ1) is 6.97. The van der Waals surface area contributed by atoms with Crippen molar-refractivity contribution in [3.63, 3.8) is 0 Å². The highest BCUT2D eigenvalue weighted by molar-refractivity contribution is 7.86. The molecule has 0 aliphatic heterocycles. The number of benzene rings is 1. The molecule has 0 saturated carbocycles. The predicted molar refractivity (Wildman–Crippen MR) is 52.6 cm³/mol. The zero-order chi connectivity index (χ0) is 11.3. The second kappa shape index (κ2) is 4.79. The number of rotatable bonds is 3. The van der Waals surface area contributed by atoms with Crippen LogP contribution in [0.25, 0.3) is 0 Å². The molecule has 1 rings (SSSR count). The van der Waals surface area contributed by atoms with E-state index in [1.807, 2.05) is 6.07 Å². The van der Waals surface area contributed by atoms with Crippen molar-refractivity contribution in [2.45, 2.75) is 6.61 Å². The number of hydrogen-bond donors (Lipinski definition) is 0. The van der Waals surface area contributed by atoms with Crippen LogP contribution in [0.15, 0.2) is 30.3 Å². The molecule has 82 valence electrons. The second-order valence-electron chi connectivity index (χ2n) is 2.81. The van der Waals surface area contributed by atoms with Gasteiger partial charge in [-0.15, -0.1) is 0 Å². The van der Waals surface area contributed by atoms with Crippen molar-refractivity contribution in [2.24, 2.45) is 0 Å². The molecular weight excluding hydrogens is 220 g/mol. The summed E-state index contributed by atoms with van der Waals surface area (Å²) in [7, 11) is -3.80. The summed E-state index contributed by atoms with van der Waals surface area (Å²) in [6.07, 6.45) is -0.446. The van der Waals surface area contributed by atoms with Gasteiger partial charge in [0, 0.05) is 0 Å². The Kier molecular flexibility index (Phi) is 3.68. The molecule has 0 aliphatic rings. The summed E-state index contributed by atoms with van der Waals surface area (Å²) in [5.74, 6) is 0. The summed E-state index contributed by atoms with van der Waals surface area (Å²) in [4.78, 5) is 10.8. The van der Waals surface area contributed by atoms with Crippen molar-refractivity contribution in [3.8, 4) is 0 Å². The molecule has 0 spiro atoms. The quantitative estimate of drug-likeness (QED) is 0.578. The van der Waals surface area contributed by atoms with Crippen molar-refractivity contribution in [1.82, 2.24) is 0 Å². The van der Waals surface area contributed by atoms with Gasteiger partial charge in [-0.05, 0) is 5.56 Å². The molecule has 0 bridgehead atoms. The summed E-state index contributed by atoms with van der Waals surface area (Å²) < 4.78 is 29.6. The maximum atomic E-state index is 10.8. The lowest BCUT2D eigenvalue weighted by Gasteiger charge is -2.03. The summed E-state index contributed by atoms with van der Waals surface area (Å²) in [6.45, 7) is -0.0187. The number of carbonyl (C=O) groups is 1. The molecule has 0 fully saturated rings. The Hall–Kier alpha value is -1.56. The highest BCUT2D eigenvalue weighted by Gasteiger charge is 2.11. The summed E-state index contributed by atoms with van der Waals surface area (Å²) in [6, 6.07) is 8.86. The largest absolute Gasteiger partial charge is 0.524 e. The fourth-order valence-corrected chi connectivity index (χ4v) is 1.16. The van der Waals surface area contributed by atoms with Crippen molar-refractivity contribution in [1.29, 1.82) is 0 Å². The van der Waals surface area contributed by atoms with E-state index in [0.717, 1.165) is 11.8 Å². The molecule has 1 aromatic rings. The van der Waals surface area contributed by atoms with Crippen LogP contribution in [0.1, 0.15) is 5.56 Å². The van der Waals surface area contributed by atoms with Gasteiger partial charge in [0.25, 0.3) is 0 Å². The van der Waals surface area contributed by atoms with Crippen LogP contribution < -0.4 is 0 Å². The van der Waals surface area contributed by atoms with Crippen LogP contribution in [0.2, 0.25) is 0 Å². The van der Waals surface area contributed by atoms with E-state index >= 15 is 0 Å². The first kappa shape index (κ1) is 11.5. The Bertz CT molecular complexity index is 423. The molecule has 0 amide bonds. The molecule has 0 saturated heterocycles. The Morgan fingerprint density at radius 1 is 1.27 bits per heavy atom. The molecule has 0 aromatic heterocycles. The molecule has 0 unspecified atom stereocenters. The van der Waals surface area contributed by atoms with Gasteiger partial charge in [-0.25, -0.2) is 4.79 Å². The number of carbonyl (C=O) groups excluding carboxylic acids is 1. The lowest BCUT2D eigenvalue weighted by Crippen LogP contribution is -2.12. The van der Waals surface area contributed by atoms with Gasteiger partial charge >= 0.3 is 16.3 Å². The molecule has 6 heteroatoms. The van der Waals surface area contributed by atoms with E-state index < -0.39 is 16.3 Å². The van der Waals surface area contributed by atoms with Crippen LogP contribution in [0, 0.1) is 0 Å². The van der Waals surface area contributed by atoms with Crippen LogP contribution in [-0.4, -0.2) is 20.8 Å². The molecule has 15 heavy (non-hydrogen) atoms. The first-order valence-electron chi connectivity index (χ1n) is 4.07. The lowest BCUT2D eigenvalue weighted by atomic mass is 10.2. The summed E-state index contributed by atoms with van der Waals surface area (Å²) in [5, 5.41) is 0. The van der Waals surface area contributed by atoms with Gasteiger partial charge in [0.2, 0.25) is 0 Å². The zero-order valence-electron chi connectivity index (χ0n) is 8.04. The monoisotopic (exact) mass is 230 g/mol. The third kappa shape index (κ3) is 5.02. The summed E-state index contributed by atoms with van der Waals surface area (Å²) >= 11 is 0. The van der Waals surface area contributed by atoms with E-state index in [-0.39, 0.29) is 6.61 Å². The van der Waals surface area contributed by atoms with Crippen LogP contribution in [0.4, 0.5) is 4.79 Å². The van der Waals surface area contributed by atoms with Gasteiger partial charge in [-0.3, -0.25) is 0 Å².